The average Bonchev–Trinajstić information content (AvgIpc) is 2.96. The lowest BCUT2D eigenvalue weighted by Crippen LogP contribution is -2.31. The van der Waals surface area contributed by atoms with Gasteiger partial charge in [-0.25, -0.2) is 0 Å². The van der Waals surface area contributed by atoms with Gasteiger partial charge in [-0.15, -0.1) is 0 Å². The maximum absolute atomic E-state index is 12.0. The number of H-pyrrole nitrogens is 1. The summed E-state index contributed by atoms with van der Waals surface area (Å²) in [6.07, 6.45) is 2.84. The van der Waals surface area contributed by atoms with E-state index in [-0.39, 0.29) is 12.5 Å². The largest absolute Gasteiger partial charge is 0.376 e. The molecule has 3 N–H and O–H groups in total. The zero-order valence-corrected chi connectivity index (χ0v) is 14.1. The van der Waals surface area contributed by atoms with Crippen molar-refractivity contribution < 1.29 is 4.79 Å². The second-order valence-electron chi connectivity index (χ2n) is 6.19. The molecule has 0 atom stereocenters. The van der Waals surface area contributed by atoms with E-state index in [0.29, 0.717) is 6.54 Å². The molecule has 0 radical (unpaired) electrons. The molecule has 0 unspecified atom stereocenters. The number of hydrogen-bond acceptors (Lipinski definition) is 2. The molecule has 0 aliphatic heterocycles. The van der Waals surface area contributed by atoms with Crippen LogP contribution in [0.3, 0.4) is 0 Å². The quantitative estimate of drug-likeness (QED) is 0.650. The van der Waals surface area contributed by atoms with Gasteiger partial charge in [-0.2, -0.15) is 0 Å². The van der Waals surface area contributed by atoms with Gasteiger partial charge in [0.15, 0.2) is 0 Å². The third-order valence-electron chi connectivity index (χ3n) is 4.07. The van der Waals surface area contributed by atoms with Crippen molar-refractivity contribution in [3.63, 3.8) is 0 Å². The third-order valence-corrected chi connectivity index (χ3v) is 4.07. The normalized spacial score (nSPS) is 10.8. The first-order chi connectivity index (χ1) is 11.6. The molecule has 4 nitrogen and oxygen atoms in total. The van der Waals surface area contributed by atoms with Crippen molar-refractivity contribution in [2.45, 2.75) is 20.3 Å². The van der Waals surface area contributed by atoms with E-state index >= 15 is 0 Å². The van der Waals surface area contributed by atoms with Crippen LogP contribution in [0.2, 0.25) is 0 Å². The molecule has 0 aliphatic rings. The molecule has 1 amide bonds. The summed E-state index contributed by atoms with van der Waals surface area (Å²) in [5.41, 5.74) is 5.73. The average molecular weight is 321 g/mol. The summed E-state index contributed by atoms with van der Waals surface area (Å²) in [5.74, 6) is 0.00833. The molecule has 0 aliphatic carbocycles. The minimum atomic E-state index is 0.00833. The van der Waals surface area contributed by atoms with Crippen molar-refractivity contribution in [3.8, 4) is 0 Å². The summed E-state index contributed by atoms with van der Waals surface area (Å²) >= 11 is 0. The van der Waals surface area contributed by atoms with Crippen LogP contribution >= 0.6 is 0 Å². The third kappa shape index (κ3) is 3.96. The van der Waals surface area contributed by atoms with Gasteiger partial charge in [0.05, 0.1) is 6.54 Å². The monoisotopic (exact) mass is 321 g/mol. The summed E-state index contributed by atoms with van der Waals surface area (Å²) in [6, 6.07) is 14.4. The van der Waals surface area contributed by atoms with Crippen LogP contribution in [0.1, 0.15) is 16.7 Å². The van der Waals surface area contributed by atoms with Crippen molar-refractivity contribution in [2.75, 3.05) is 18.4 Å². The molecule has 2 aromatic carbocycles. The Hall–Kier alpha value is -2.75. The first-order valence-corrected chi connectivity index (χ1v) is 8.26. The van der Waals surface area contributed by atoms with Gasteiger partial charge in [0.2, 0.25) is 5.91 Å². The van der Waals surface area contributed by atoms with Crippen molar-refractivity contribution in [1.82, 2.24) is 10.3 Å². The van der Waals surface area contributed by atoms with Crippen LogP contribution in [0.5, 0.6) is 0 Å². The highest BCUT2D eigenvalue weighted by Gasteiger charge is 2.05. The minimum absolute atomic E-state index is 0.00833. The van der Waals surface area contributed by atoms with E-state index in [1.54, 1.807) is 0 Å². The Morgan fingerprint density at radius 3 is 2.62 bits per heavy atom. The molecule has 1 aromatic heterocycles. The molecule has 0 saturated heterocycles. The zero-order valence-electron chi connectivity index (χ0n) is 14.1. The number of aromatic amines is 1. The molecule has 24 heavy (non-hydrogen) atoms. The number of benzene rings is 2. The number of aromatic nitrogens is 1. The van der Waals surface area contributed by atoms with Gasteiger partial charge in [0.25, 0.3) is 0 Å². The molecule has 4 heteroatoms. The Kier molecular flexibility index (Phi) is 4.85. The zero-order chi connectivity index (χ0) is 16.9. The molecule has 124 valence electrons. The summed E-state index contributed by atoms with van der Waals surface area (Å²) in [6.45, 7) is 5.03. The van der Waals surface area contributed by atoms with E-state index in [1.807, 2.05) is 30.5 Å². The van der Waals surface area contributed by atoms with E-state index in [9.17, 15) is 4.79 Å². The highest BCUT2D eigenvalue weighted by Crippen LogP contribution is 2.17. The standard InChI is InChI=1S/C20H23N3O/c1-14-9-15(2)11-17(10-14)22-13-20(24)21-8-7-16-12-23-19-6-4-3-5-18(16)19/h3-6,9-12,22-23H,7-8,13H2,1-2H3,(H,21,24). The van der Waals surface area contributed by atoms with Crippen LogP contribution in [0.25, 0.3) is 10.9 Å². The van der Waals surface area contributed by atoms with E-state index in [0.717, 1.165) is 17.6 Å². The topological polar surface area (TPSA) is 56.9 Å². The summed E-state index contributed by atoms with van der Waals surface area (Å²) in [4.78, 5) is 15.3. The van der Waals surface area contributed by atoms with Crippen LogP contribution in [0.4, 0.5) is 5.69 Å². The first-order valence-electron chi connectivity index (χ1n) is 8.26. The van der Waals surface area contributed by atoms with E-state index < -0.39 is 0 Å². The number of aryl methyl sites for hydroxylation is 2. The second kappa shape index (κ2) is 7.21. The molecule has 0 saturated carbocycles. The first kappa shape index (κ1) is 16.1. The maximum atomic E-state index is 12.0. The fraction of sp³-hybridized carbons (Fsp3) is 0.250. The Bertz CT molecular complexity index is 831. The number of carbonyl (C=O) groups is 1. The molecular weight excluding hydrogens is 298 g/mol. The van der Waals surface area contributed by atoms with Crippen LogP contribution < -0.4 is 10.6 Å². The number of carbonyl (C=O) groups excluding carboxylic acids is 1. The molecule has 3 aromatic rings. The van der Waals surface area contributed by atoms with Crippen LogP contribution in [-0.4, -0.2) is 24.0 Å². The molecule has 0 spiro atoms. The summed E-state index contributed by atoms with van der Waals surface area (Å²) in [7, 11) is 0. The van der Waals surface area contributed by atoms with Crippen LogP contribution in [0, 0.1) is 13.8 Å². The predicted molar refractivity (Wildman–Crippen MR) is 99.4 cm³/mol. The van der Waals surface area contributed by atoms with E-state index in [4.69, 9.17) is 0 Å². The predicted octanol–water partition coefficient (Wildman–Crippen LogP) is 3.56. The van der Waals surface area contributed by atoms with Gasteiger partial charge >= 0.3 is 0 Å². The van der Waals surface area contributed by atoms with E-state index in [1.165, 1.54) is 22.1 Å². The fourth-order valence-corrected chi connectivity index (χ4v) is 3.00. The summed E-state index contributed by atoms with van der Waals surface area (Å²) in [5, 5.41) is 7.37. The molecule has 0 fully saturated rings. The van der Waals surface area contributed by atoms with Gasteiger partial charge < -0.3 is 15.6 Å². The lowest BCUT2D eigenvalue weighted by molar-refractivity contribution is -0.119. The lowest BCUT2D eigenvalue weighted by atomic mass is 10.1. The number of para-hydroxylation sites is 1. The SMILES string of the molecule is Cc1cc(C)cc(NCC(=O)NCCc2c[nH]c3ccccc23)c1. The summed E-state index contributed by atoms with van der Waals surface area (Å²) < 4.78 is 0. The van der Waals surface area contributed by atoms with Gasteiger partial charge in [-0.3, -0.25) is 4.79 Å². The Morgan fingerprint density at radius 1 is 1.08 bits per heavy atom. The van der Waals surface area contributed by atoms with E-state index in [2.05, 4.69) is 47.7 Å². The highest BCUT2D eigenvalue weighted by atomic mass is 16.1. The maximum Gasteiger partial charge on any atom is 0.239 e. The molecule has 1 heterocycles. The van der Waals surface area contributed by atoms with Gasteiger partial charge in [-0.1, -0.05) is 24.3 Å². The van der Waals surface area contributed by atoms with Crippen LogP contribution in [-0.2, 0) is 11.2 Å². The number of nitrogens with one attached hydrogen (secondary N) is 3. The number of amides is 1. The lowest BCUT2D eigenvalue weighted by Gasteiger charge is -2.09. The van der Waals surface area contributed by atoms with Crippen molar-refractivity contribution in [3.05, 3.63) is 65.4 Å². The Morgan fingerprint density at radius 2 is 1.83 bits per heavy atom. The Balaban J connectivity index is 1.47. The van der Waals surface area contributed by atoms with Gasteiger partial charge in [0, 0.05) is 29.3 Å². The molecular formula is C20H23N3O. The second-order valence-corrected chi connectivity index (χ2v) is 6.19. The highest BCUT2D eigenvalue weighted by molar-refractivity contribution is 5.83. The molecule has 0 bridgehead atoms. The number of hydrogen-bond donors (Lipinski definition) is 3. The molecule has 3 rings (SSSR count). The van der Waals surface area contributed by atoms with Crippen molar-refractivity contribution in [2.24, 2.45) is 0 Å². The number of rotatable bonds is 6. The smallest absolute Gasteiger partial charge is 0.239 e. The van der Waals surface area contributed by atoms with Crippen LogP contribution in [0.15, 0.2) is 48.7 Å². The van der Waals surface area contributed by atoms with Gasteiger partial charge in [0.1, 0.15) is 0 Å². The van der Waals surface area contributed by atoms with Gasteiger partial charge in [-0.05, 0) is 55.2 Å². The number of fused-ring (bicyclic) bond motifs is 1. The van der Waals surface area contributed by atoms with Crippen molar-refractivity contribution >= 4 is 22.5 Å². The van der Waals surface area contributed by atoms with Crippen molar-refractivity contribution in [1.29, 1.82) is 0 Å². The Labute approximate surface area is 142 Å². The minimum Gasteiger partial charge on any atom is -0.376 e. The number of anilines is 1. The fourth-order valence-electron chi connectivity index (χ4n) is 3.00.